The van der Waals surface area contributed by atoms with Crippen molar-refractivity contribution >= 4 is 34.9 Å². The highest BCUT2D eigenvalue weighted by Gasteiger charge is 2.29. The van der Waals surface area contributed by atoms with Crippen LogP contribution in [-0.4, -0.2) is 6.03 Å². The van der Waals surface area contributed by atoms with Gasteiger partial charge in [-0.05, 0) is 30.7 Å². The van der Waals surface area contributed by atoms with Gasteiger partial charge >= 0.3 is 6.03 Å². The van der Waals surface area contributed by atoms with Crippen LogP contribution in [0.3, 0.4) is 0 Å². The summed E-state index contributed by atoms with van der Waals surface area (Å²) in [5.74, 6) is 0.787. The minimum Gasteiger partial charge on any atom is -0.454 e. The number of nitrogens with zero attached hydrogens (tertiary/aromatic N) is 1. The molecule has 1 aliphatic heterocycles. The van der Waals surface area contributed by atoms with Crippen LogP contribution in [0.15, 0.2) is 30.3 Å². The summed E-state index contributed by atoms with van der Waals surface area (Å²) in [6, 6.07) is 9.92. The van der Waals surface area contributed by atoms with Crippen LogP contribution in [-0.2, 0) is 0 Å². The van der Waals surface area contributed by atoms with E-state index in [4.69, 9.17) is 27.9 Å². The van der Waals surface area contributed by atoms with Crippen LogP contribution in [0.2, 0.25) is 10.0 Å². The molecule has 0 spiro atoms. The van der Waals surface area contributed by atoms with Crippen molar-refractivity contribution in [3.63, 3.8) is 0 Å². The number of halogens is 2. The molecule has 1 unspecified atom stereocenters. The zero-order valence-electron chi connectivity index (χ0n) is 14.1. The summed E-state index contributed by atoms with van der Waals surface area (Å²) in [7, 11) is 0. The largest absolute Gasteiger partial charge is 0.454 e. The van der Waals surface area contributed by atoms with E-state index < -0.39 is 0 Å². The zero-order chi connectivity index (χ0) is 18.7. The number of unbranched alkanes of at least 4 members (excludes halogenated alkanes) is 1. The van der Waals surface area contributed by atoms with E-state index in [1.54, 1.807) is 30.3 Å². The summed E-state index contributed by atoms with van der Waals surface area (Å²) in [6.07, 6.45) is 2.68. The van der Waals surface area contributed by atoms with E-state index in [1.165, 1.54) is 0 Å². The number of amides is 2. The van der Waals surface area contributed by atoms with Crippen LogP contribution in [0.4, 0.5) is 10.5 Å². The first-order chi connectivity index (χ1) is 12.5. The summed E-state index contributed by atoms with van der Waals surface area (Å²) in [6.45, 7) is 2.09. The van der Waals surface area contributed by atoms with E-state index >= 15 is 0 Å². The molecule has 5 nitrogen and oxygen atoms in total. The topological polar surface area (TPSA) is 74.2 Å². The Morgan fingerprint density at radius 1 is 1.23 bits per heavy atom. The molecule has 0 fully saturated rings. The van der Waals surface area contributed by atoms with Gasteiger partial charge in [0.25, 0.3) is 0 Å². The number of rotatable bonds is 5. The number of benzene rings is 2. The third kappa shape index (κ3) is 3.57. The Hall–Kier alpha value is -2.42. The highest BCUT2D eigenvalue weighted by atomic mass is 35.5. The number of hydrogen-bond acceptors (Lipinski definition) is 3. The van der Waals surface area contributed by atoms with E-state index in [2.05, 4.69) is 23.6 Å². The summed E-state index contributed by atoms with van der Waals surface area (Å²) in [4.78, 5) is 12.0. The Labute approximate surface area is 161 Å². The van der Waals surface area contributed by atoms with Crippen molar-refractivity contribution in [2.45, 2.75) is 32.2 Å². The number of carbonyl (C=O) groups excluding carboxylic acids is 1. The number of nitrogens with one attached hydrogen (secondary N) is 2. The second-order valence-corrected chi connectivity index (χ2v) is 6.77. The minimum atomic E-state index is -0.298. The molecule has 0 saturated carbocycles. The Bertz CT molecular complexity index is 893. The molecule has 2 N–H and O–H groups in total. The first kappa shape index (κ1) is 18.4. The highest BCUT2D eigenvalue weighted by molar-refractivity contribution is 6.34. The number of ether oxygens (including phenoxy) is 1. The molecule has 0 bridgehead atoms. The Morgan fingerprint density at radius 2 is 2.04 bits per heavy atom. The van der Waals surface area contributed by atoms with Gasteiger partial charge in [0.05, 0.1) is 27.3 Å². The summed E-state index contributed by atoms with van der Waals surface area (Å²) in [5.41, 5.74) is 1.62. The first-order valence-electron chi connectivity index (χ1n) is 8.31. The highest BCUT2D eigenvalue weighted by Crippen LogP contribution is 2.44. The molecule has 1 atom stereocenters. The summed E-state index contributed by atoms with van der Waals surface area (Å²) < 4.78 is 6.03. The van der Waals surface area contributed by atoms with E-state index in [0.717, 1.165) is 24.8 Å². The van der Waals surface area contributed by atoms with Crippen LogP contribution >= 0.6 is 23.2 Å². The molecule has 134 valence electrons. The van der Waals surface area contributed by atoms with Gasteiger partial charge in [-0.1, -0.05) is 49.0 Å². The maximum atomic E-state index is 12.0. The van der Waals surface area contributed by atoms with Gasteiger partial charge in [0.2, 0.25) is 0 Å². The molecular weight excluding hydrogens is 373 g/mol. The molecule has 3 rings (SSSR count). The van der Waals surface area contributed by atoms with Crippen LogP contribution in [0.5, 0.6) is 11.5 Å². The van der Waals surface area contributed by atoms with Gasteiger partial charge in [-0.3, -0.25) is 0 Å². The van der Waals surface area contributed by atoms with Crippen molar-refractivity contribution in [2.24, 2.45) is 0 Å². The third-order valence-corrected chi connectivity index (χ3v) is 4.81. The second-order valence-electron chi connectivity index (χ2n) is 5.96. The number of carbonyl (C=O) groups is 1. The fourth-order valence-corrected chi connectivity index (χ4v) is 3.38. The normalized spacial score (nSPS) is 15.5. The molecule has 7 heteroatoms. The van der Waals surface area contributed by atoms with Crippen LogP contribution in [0.25, 0.3) is 0 Å². The molecule has 1 heterocycles. The third-order valence-electron chi connectivity index (χ3n) is 4.19. The van der Waals surface area contributed by atoms with Crippen molar-refractivity contribution < 1.29 is 9.53 Å². The van der Waals surface area contributed by atoms with Crippen LogP contribution in [0.1, 0.15) is 43.4 Å². The standard InChI is InChI=1S/C19H17Cl2N3O2/c1-2-3-7-14-16-15(9-8-12(20)17(16)24-19(25)23-14)26-18-11(10-22)5-4-6-13(18)21/h4-6,8-9,14H,2-3,7H2,1H3,(H2,23,24,25). The lowest BCUT2D eigenvalue weighted by Gasteiger charge is -2.30. The number of anilines is 1. The van der Waals surface area contributed by atoms with Gasteiger partial charge in [0.15, 0.2) is 5.75 Å². The number of para-hydroxylation sites is 1. The van der Waals surface area contributed by atoms with Gasteiger partial charge in [-0.2, -0.15) is 5.26 Å². The molecule has 1 aliphatic rings. The van der Waals surface area contributed by atoms with Gasteiger partial charge in [-0.15, -0.1) is 0 Å². The monoisotopic (exact) mass is 389 g/mol. The zero-order valence-corrected chi connectivity index (χ0v) is 15.6. The van der Waals surface area contributed by atoms with Crippen molar-refractivity contribution in [3.8, 4) is 17.6 Å². The average molecular weight is 390 g/mol. The van der Waals surface area contributed by atoms with Crippen molar-refractivity contribution in [2.75, 3.05) is 5.32 Å². The fraction of sp³-hybridized carbons (Fsp3) is 0.263. The molecule has 0 aliphatic carbocycles. The molecule has 2 aromatic rings. The molecule has 26 heavy (non-hydrogen) atoms. The van der Waals surface area contributed by atoms with E-state index in [-0.39, 0.29) is 17.8 Å². The second kappa shape index (κ2) is 7.86. The summed E-state index contributed by atoms with van der Waals surface area (Å²) >= 11 is 12.5. The quantitative estimate of drug-likeness (QED) is 0.655. The molecule has 2 amide bonds. The molecule has 0 aromatic heterocycles. The maximum Gasteiger partial charge on any atom is 0.319 e. The van der Waals surface area contributed by atoms with E-state index in [9.17, 15) is 10.1 Å². The Morgan fingerprint density at radius 3 is 2.77 bits per heavy atom. The molecule has 2 aromatic carbocycles. The fourth-order valence-electron chi connectivity index (χ4n) is 2.95. The van der Waals surface area contributed by atoms with Gasteiger partial charge in [0.1, 0.15) is 11.8 Å². The van der Waals surface area contributed by atoms with Crippen molar-refractivity contribution in [3.05, 3.63) is 51.5 Å². The average Bonchev–Trinajstić information content (AvgIpc) is 2.63. The summed E-state index contributed by atoms with van der Waals surface area (Å²) in [5, 5.41) is 15.8. The Balaban J connectivity index is 2.09. The molecular formula is C19H17Cl2N3O2. The lowest BCUT2D eigenvalue weighted by atomic mass is 9.96. The maximum absolute atomic E-state index is 12.0. The smallest absolute Gasteiger partial charge is 0.319 e. The predicted molar refractivity (Wildman–Crippen MR) is 102 cm³/mol. The SMILES string of the molecule is CCCCC1NC(=O)Nc2c(Cl)ccc(Oc3c(Cl)cccc3C#N)c21. The Kier molecular flexibility index (Phi) is 5.55. The van der Waals surface area contributed by atoms with E-state index in [0.29, 0.717) is 27.0 Å². The molecule has 0 saturated heterocycles. The van der Waals surface area contributed by atoms with Crippen molar-refractivity contribution in [1.82, 2.24) is 5.32 Å². The lowest BCUT2D eigenvalue weighted by molar-refractivity contribution is 0.246. The number of fused-ring (bicyclic) bond motifs is 1. The van der Waals surface area contributed by atoms with Crippen molar-refractivity contribution in [1.29, 1.82) is 5.26 Å². The van der Waals surface area contributed by atoms with Crippen LogP contribution in [0, 0.1) is 11.3 Å². The molecule has 0 radical (unpaired) electrons. The number of hydrogen-bond donors (Lipinski definition) is 2. The van der Waals surface area contributed by atoms with Gasteiger partial charge in [0, 0.05) is 5.56 Å². The number of urea groups is 1. The predicted octanol–water partition coefficient (Wildman–Crippen LogP) is 6.02. The first-order valence-corrected chi connectivity index (χ1v) is 9.07. The van der Waals surface area contributed by atoms with E-state index in [1.807, 2.05) is 0 Å². The van der Waals surface area contributed by atoms with Gasteiger partial charge < -0.3 is 15.4 Å². The van der Waals surface area contributed by atoms with Crippen LogP contribution < -0.4 is 15.4 Å². The number of nitriles is 1. The minimum absolute atomic E-state index is 0.236. The lowest BCUT2D eigenvalue weighted by Crippen LogP contribution is -2.38. The van der Waals surface area contributed by atoms with Gasteiger partial charge in [-0.25, -0.2) is 4.79 Å².